The molecule has 1 aliphatic carbocycles. The highest BCUT2D eigenvalue weighted by Gasteiger charge is 2.48. The number of nitrogens with two attached hydrogens (primary N) is 1. The maximum absolute atomic E-state index is 14.2. The third-order valence-electron chi connectivity index (χ3n) is 9.21. The van der Waals surface area contributed by atoms with Crippen LogP contribution in [0.1, 0.15) is 45.7 Å². The van der Waals surface area contributed by atoms with Crippen LogP contribution in [-0.2, 0) is 26.1 Å². The number of methoxy groups -OCH3 is 1. The Morgan fingerprint density at radius 1 is 1.00 bits per heavy atom. The molecule has 3 aromatic carbocycles. The molecule has 10 nitrogen and oxygen atoms in total. The first-order valence-electron chi connectivity index (χ1n) is 16.3. The predicted molar refractivity (Wildman–Crippen MR) is 190 cm³/mol. The fourth-order valence-corrected chi connectivity index (χ4v) is 9.50. The van der Waals surface area contributed by atoms with E-state index in [1.54, 1.807) is 30.5 Å². The van der Waals surface area contributed by atoms with Crippen LogP contribution < -0.4 is 5.73 Å². The molecule has 0 spiro atoms. The Morgan fingerprint density at radius 2 is 1.65 bits per heavy atom. The number of fused-ring (bicyclic) bond motifs is 1. The van der Waals surface area contributed by atoms with E-state index >= 15 is 0 Å². The van der Waals surface area contributed by atoms with Crippen molar-refractivity contribution in [3.63, 3.8) is 0 Å². The van der Waals surface area contributed by atoms with Crippen molar-refractivity contribution in [3.8, 4) is 0 Å². The normalized spacial score (nSPS) is 15.8. The lowest BCUT2D eigenvalue weighted by Gasteiger charge is -2.39. The summed E-state index contributed by atoms with van der Waals surface area (Å²) in [6, 6.07) is 25.7. The first-order valence-corrected chi connectivity index (χ1v) is 18.6. The summed E-state index contributed by atoms with van der Waals surface area (Å²) in [6.07, 6.45) is -0.183. The number of carbonyl (C=O) groups excluding carboxylic acids is 2. The van der Waals surface area contributed by atoms with Gasteiger partial charge in [0.2, 0.25) is 21.9 Å². The van der Waals surface area contributed by atoms with Gasteiger partial charge in [0.05, 0.1) is 37.2 Å². The molecule has 2 aromatic heterocycles. The van der Waals surface area contributed by atoms with Crippen molar-refractivity contribution in [2.24, 2.45) is 11.7 Å². The number of carbonyl (C=O) groups is 2. The zero-order chi connectivity index (χ0) is 36.3. The van der Waals surface area contributed by atoms with E-state index in [1.807, 2.05) is 60.7 Å². The lowest BCUT2D eigenvalue weighted by Crippen LogP contribution is -2.49. The lowest BCUT2D eigenvalue weighted by molar-refractivity contribution is -0.131. The molecule has 2 amide bonds. The number of aliphatic hydroxyl groups is 1. The first-order chi connectivity index (χ1) is 24.4. The number of alkyl halides is 2. The van der Waals surface area contributed by atoms with E-state index in [2.05, 4.69) is 4.98 Å². The van der Waals surface area contributed by atoms with Crippen LogP contribution in [0.5, 0.6) is 0 Å². The molecule has 4 N–H and O–H groups in total. The number of hydrogen-bond donors (Lipinski definition) is 3. The van der Waals surface area contributed by atoms with Gasteiger partial charge >= 0.3 is 6.09 Å². The molecule has 2 atom stereocenters. The van der Waals surface area contributed by atoms with Gasteiger partial charge in [0.25, 0.3) is 0 Å². The molecule has 51 heavy (non-hydrogen) atoms. The van der Waals surface area contributed by atoms with Crippen molar-refractivity contribution in [2.45, 2.75) is 48.2 Å². The van der Waals surface area contributed by atoms with Gasteiger partial charge in [-0.2, -0.15) is 4.31 Å². The summed E-state index contributed by atoms with van der Waals surface area (Å²) in [7, 11) is -3.14. The summed E-state index contributed by atoms with van der Waals surface area (Å²) in [4.78, 5) is 31.9. The maximum atomic E-state index is 14.2. The number of sulfonamides is 1. The molecule has 5 aromatic rings. The van der Waals surface area contributed by atoms with Crippen molar-refractivity contribution < 1.29 is 36.6 Å². The molecule has 6 rings (SSSR count). The summed E-state index contributed by atoms with van der Waals surface area (Å²) < 4.78 is 62.2. The van der Waals surface area contributed by atoms with Crippen LogP contribution in [0.2, 0.25) is 0 Å². The lowest BCUT2D eigenvalue weighted by atomic mass is 9.81. The molecule has 268 valence electrons. The van der Waals surface area contributed by atoms with Crippen molar-refractivity contribution >= 4 is 44.3 Å². The van der Waals surface area contributed by atoms with Crippen LogP contribution in [0, 0.1) is 5.92 Å². The van der Waals surface area contributed by atoms with E-state index in [0.29, 0.717) is 15.1 Å². The summed E-state index contributed by atoms with van der Waals surface area (Å²) in [6.45, 7) is -1.12. The summed E-state index contributed by atoms with van der Waals surface area (Å²) in [5.74, 6) is -4.77. The molecule has 1 fully saturated rings. The third-order valence-corrected chi connectivity index (χ3v) is 12.3. The van der Waals surface area contributed by atoms with Gasteiger partial charge in [-0.1, -0.05) is 60.7 Å². The average molecular weight is 737 g/mol. The number of thiophene rings is 1. The zero-order valence-corrected chi connectivity index (χ0v) is 29.3. The number of rotatable bonds is 13. The highest BCUT2D eigenvalue weighted by Crippen LogP contribution is 2.45. The molecule has 0 aliphatic heterocycles. The second-order valence-electron chi connectivity index (χ2n) is 12.7. The SMILES string of the molecule is COC(=O)N(Cc1ccc([C@@H](CO)N(CC2CC(F)(F)C2)S(=O)(=O)c2ccc3[nH]ccc3c2)s1)C(=O)[C@@H](N)C(c1ccccc1)c1ccccc1. The minimum atomic E-state index is -4.29. The Morgan fingerprint density at radius 3 is 2.24 bits per heavy atom. The number of hydrogen-bond acceptors (Lipinski definition) is 8. The van der Waals surface area contributed by atoms with Crippen molar-refractivity contribution in [1.82, 2.24) is 14.2 Å². The minimum Gasteiger partial charge on any atom is -0.452 e. The number of aromatic amines is 1. The van der Waals surface area contributed by atoms with Crippen LogP contribution in [-0.4, -0.2) is 71.9 Å². The van der Waals surface area contributed by atoms with Crippen LogP contribution in [0.25, 0.3) is 10.9 Å². The number of halogens is 2. The van der Waals surface area contributed by atoms with E-state index in [-0.39, 0.29) is 18.0 Å². The predicted octanol–water partition coefficient (Wildman–Crippen LogP) is 6.25. The number of nitrogens with zero attached hydrogens (tertiary/aromatic N) is 2. The van der Waals surface area contributed by atoms with E-state index in [0.717, 1.165) is 44.3 Å². The Kier molecular flexibility index (Phi) is 10.7. The highest BCUT2D eigenvalue weighted by molar-refractivity contribution is 7.89. The number of ether oxygens (including phenoxy) is 1. The molecule has 0 unspecified atom stereocenters. The average Bonchev–Trinajstić information content (AvgIpc) is 3.79. The highest BCUT2D eigenvalue weighted by atomic mass is 32.2. The van der Waals surface area contributed by atoms with Gasteiger partial charge in [0.1, 0.15) is 0 Å². The Hall–Kier alpha value is -4.47. The van der Waals surface area contributed by atoms with Gasteiger partial charge in [-0.25, -0.2) is 26.9 Å². The molecule has 0 saturated heterocycles. The topological polar surface area (TPSA) is 146 Å². The largest absolute Gasteiger partial charge is 0.452 e. The summed E-state index contributed by atoms with van der Waals surface area (Å²) in [5, 5.41) is 11.3. The molecule has 0 bridgehead atoms. The van der Waals surface area contributed by atoms with Crippen molar-refractivity contribution in [2.75, 3.05) is 20.3 Å². The molecular weight excluding hydrogens is 699 g/mol. The van der Waals surface area contributed by atoms with Crippen LogP contribution in [0.4, 0.5) is 13.6 Å². The molecule has 2 heterocycles. The van der Waals surface area contributed by atoms with Gasteiger partial charge < -0.3 is 20.6 Å². The fourth-order valence-electron chi connectivity index (χ4n) is 6.62. The number of aromatic nitrogens is 1. The third kappa shape index (κ3) is 7.75. The zero-order valence-electron chi connectivity index (χ0n) is 27.7. The van der Waals surface area contributed by atoms with Gasteiger partial charge in [0.15, 0.2) is 0 Å². The van der Waals surface area contributed by atoms with Gasteiger partial charge in [-0.15, -0.1) is 11.3 Å². The quantitative estimate of drug-likeness (QED) is 0.130. The molecular formula is C37H38F2N4O6S2. The number of H-pyrrole nitrogens is 1. The standard InChI is InChI=1S/C37H38F2N4O6S2/c1-49-36(46)42(35(45)34(40)33(25-8-4-2-5-9-25)26-10-6-3-7-11-26)22-28-12-15-32(50-28)31(23-44)43(21-24-19-37(38,39)20-24)51(47,48)29-13-14-30-27(18-29)16-17-41-30/h2-18,24,31,33-34,41,44H,19-23,40H2,1H3/t31-,34+/m1/s1. The summed E-state index contributed by atoms with van der Waals surface area (Å²) in [5.41, 5.74) is 8.93. The van der Waals surface area contributed by atoms with Gasteiger partial charge in [-0.3, -0.25) is 4.79 Å². The fraction of sp³-hybridized carbons (Fsp3) is 0.297. The van der Waals surface area contributed by atoms with Crippen LogP contribution >= 0.6 is 11.3 Å². The number of amides is 2. The Labute approximate surface area is 298 Å². The number of benzene rings is 3. The molecule has 1 saturated carbocycles. The van der Waals surface area contributed by atoms with E-state index < -0.39 is 71.3 Å². The smallest absolute Gasteiger partial charge is 0.416 e. The van der Waals surface area contributed by atoms with E-state index in [9.17, 15) is 31.9 Å². The minimum absolute atomic E-state index is 0.0428. The maximum Gasteiger partial charge on any atom is 0.416 e. The number of imide groups is 1. The van der Waals surface area contributed by atoms with Crippen LogP contribution in [0.15, 0.2) is 108 Å². The Balaban J connectivity index is 1.29. The monoisotopic (exact) mass is 736 g/mol. The summed E-state index contributed by atoms with van der Waals surface area (Å²) >= 11 is 1.09. The van der Waals surface area contributed by atoms with Crippen LogP contribution in [0.3, 0.4) is 0 Å². The van der Waals surface area contributed by atoms with Gasteiger partial charge in [0, 0.05) is 52.2 Å². The second-order valence-corrected chi connectivity index (χ2v) is 15.7. The number of nitrogens with one attached hydrogen (secondary N) is 1. The first kappa shape index (κ1) is 36.3. The van der Waals surface area contributed by atoms with E-state index in [4.69, 9.17) is 10.5 Å². The van der Waals surface area contributed by atoms with Crippen molar-refractivity contribution in [1.29, 1.82) is 0 Å². The molecule has 0 radical (unpaired) electrons. The molecule has 1 aliphatic rings. The van der Waals surface area contributed by atoms with Gasteiger partial charge in [-0.05, 0) is 53.4 Å². The molecule has 14 heteroatoms. The second kappa shape index (κ2) is 15.0. The van der Waals surface area contributed by atoms with Crippen molar-refractivity contribution in [3.05, 3.63) is 124 Å². The van der Waals surface area contributed by atoms with E-state index in [1.165, 1.54) is 12.1 Å². The Bertz CT molecular complexity index is 2040. The number of aliphatic hydroxyl groups excluding tert-OH is 1.